The lowest BCUT2D eigenvalue weighted by atomic mass is 9.47. The molecule has 34 heavy (non-hydrogen) atoms. The van der Waals surface area contributed by atoms with Crippen LogP contribution in [0.3, 0.4) is 0 Å². The standard InChI is InChI=1S/C29H42O5/c1-18(30)33-20-13-15-28(5)19(17-20)7-8-21-22-9-10-24(29(22,6)16-14-23(21)28)25(31)11-12-26(32)34-27(2,3)4/h7,11-12,20-24H,8-10,13-17H2,1-6H3. The van der Waals surface area contributed by atoms with Crippen LogP contribution in [0.4, 0.5) is 0 Å². The molecule has 4 rings (SSSR count). The number of fused-ring (bicyclic) bond motifs is 5. The number of allylic oxidation sites excluding steroid dienone is 2. The molecule has 0 heterocycles. The van der Waals surface area contributed by atoms with E-state index in [1.165, 1.54) is 24.6 Å². The Labute approximate surface area is 204 Å². The monoisotopic (exact) mass is 470 g/mol. The fourth-order valence-electron chi connectivity index (χ4n) is 8.03. The van der Waals surface area contributed by atoms with Gasteiger partial charge in [-0.2, -0.15) is 0 Å². The quantitative estimate of drug-likeness (QED) is 0.288. The summed E-state index contributed by atoms with van der Waals surface area (Å²) >= 11 is 0. The van der Waals surface area contributed by atoms with Crippen molar-refractivity contribution < 1.29 is 23.9 Å². The Balaban J connectivity index is 1.47. The van der Waals surface area contributed by atoms with E-state index in [4.69, 9.17) is 9.47 Å². The first-order chi connectivity index (χ1) is 15.8. The molecule has 3 saturated carbocycles. The first kappa shape index (κ1) is 25.2. The van der Waals surface area contributed by atoms with E-state index in [2.05, 4.69) is 19.9 Å². The molecule has 0 aromatic rings. The van der Waals surface area contributed by atoms with Crippen molar-refractivity contribution in [2.45, 2.75) is 105 Å². The molecular formula is C29H42O5. The SMILES string of the molecule is CC(=O)OC1CCC2(C)C(=CCC3C2CCC2(C)C(C(=O)C=CC(=O)OC(C)(C)C)CCC32)C1. The Morgan fingerprint density at radius 2 is 1.74 bits per heavy atom. The second-order valence-corrected chi connectivity index (χ2v) is 12.7. The molecule has 0 amide bonds. The van der Waals surface area contributed by atoms with Gasteiger partial charge in [0, 0.05) is 25.3 Å². The maximum atomic E-state index is 13.2. The largest absolute Gasteiger partial charge is 0.462 e. The normalized spacial score (nSPS) is 39.5. The molecule has 0 spiro atoms. The molecule has 4 aliphatic carbocycles. The Morgan fingerprint density at radius 3 is 2.41 bits per heavy atom. The minimum Gasteiger partial charge on any atom is -0.462 e. The number of rotatable bonds is 4. The lowest BCUT2D eigenvalue weighted by Crippen LogP contribution is -2.51. The molecule has 5 heteroatoms. The minimum absolute atomic E-state index is 0.00678. The van der Waals surface area contributed by atoms with Crippen LogP contribution in [0.1, 0.15) is 92.9 Å². The van der Waals surface area contributed by atoms with Crippen molar-refractivity contribution in [3.05, 3.63) is 23.8 Å². The molecule has 0 N–H and O–H groups in total. The van der Waals surface area contributed by atoms with E-state index >= 15 is 0 Å². The Hall–Kier alpha value is -1.91. The van der Waals surface area contributed by atoms with Crippen molar-refractivity contribution in [2.24, 2.45) is 34.5 Å². The van der Waals surface area contributed by atoms with Gasteiger partial charge in [0.15, 0.2) is 5.78 Å². The summed E-state index contributed by atoms with van der Waals surface area (Å²) in [5.41, 5.74) is 1.10. The average molecular weight is 471 g/mol. The summed E-state index contributed by atoms with van der Waals surface area (Å²) in [4.78, 5) is 36.8. The molecule has 3 fully saturated rings. The van der Waals surface area contributed by atoms with E-state index < -0.39 is 11.6 Å². The van der Waals surface area contributed by atoms with E-state index in [0.717, 1.165) is 51.4 Å². The van der Waals surface area contributed by atoms with Gasteiger partial charge in [-0.05, 0) is 100 Å². The number of carbonyl (C=O) groups excluding carboxylic acids is 3. The summed E-state index contributed by atoms with van der Waals surface area (Å²) < 4.78 is 10.9. The predicted molar refractivity (Wildman–Crippen MR) is 131 cm³/mol. The van der Waals surface area contributed by atoms with Crippen molar-refractivity contribution in [3.63, 3.8) is 0 Å². The van der Waals surface area contributed by atoms with Crippen molar-refractivity contribution in [1.29, 1.82) is 0 Å². The summed E-state index contributed by atoms with van der Waals surface area (Å²) in [6.45, 7) is 11.7. The number of carbonyl (C=O) groups is 3. The van der Waals surface area contributed by atoms with Gasteiger partial charge in [-0.3, -0.25) is 9.59 Å². The minimum atomic E-state index is -0.561. The van der Waals surface area contributed by atoms with Crippen LogP contribution in [0.2, 0.25) is 0 Å². The van der Waals surface area contributed by atoms with Crippen LogP contribution >= 0.6 is 0 Å². The highest BCUT2D eigenvalue weighted by atomic mass is 16.6. The van der Waals surface area contributed by atoms with Crippen molar-refractivity contribution in [2.75, 3.05) is 0 Å². The molecular weight excluding hydrogens is 428 g/mol. The Morgan fingerprint density at radius 1 is 1.00 bits per heavy atom. The lowest BCUT2D eigenvalue weighted by molar-refractivity contribution is -0.149. The summed E-state index contributed by atoms with van der Waals surface area (Å²) in [5.74, 6) is 1.20. The molecule has 0 aliphatic heterocycles. The number of esters is 2. The zero-order valence-electron chi connectivity index (χ0n) is 21.8. The number of hydrogen-bond acceptors (Lipinski definition) is 5. The third-order valence-electron chi connectivity index (χ3n) is 9.53. The maximum Gasteiger partial charge on any atom is 0.331 e. The smallest absolute Gasteiger partial charge is 0.331 e. The predicted octanol–water partition coefficient (Wildman–Crippen LogP) is 5.96. The van der Waals surface area contributed by atoms with Gasteiger partial charge in [-0.1, -0.05) is 25.5 Å². The van der Waals surface area contributed by atoms with Crippen molar-refractivity contribution >= 4 is 17.7 Å². The van der Waals surface area contributed by atoms with Gasteiger partial charge in [-0.15, -0.1) is 0 Å². The molecule has 4 aliphatic rings. The third-order valence-corrected chi connectivity index (χ3v) is 9.53. The fourth-order valence-corrected chi connectivity index (χ4v) is 8.03. The van der Waals surface area contributed by atoms with Gasteiger partial charge >= 0.3 is 11.9 Å². The Kier molecular flexibility index (Phi) is 6.63. The highest BCUT2D eigenvalue weighted by Crippen LogP contribution is 2.66. The lowest BCUT2D eigenvalue weighted by Gasteiger charge is -2.58. The van der Waals surface area contributed by atoms with E-state index in [9.17, 15) is 14.4 Å². The van der Waals surface area contributed by atoms with Gasteiger partial charge in [0.2, 0.25) is 0 Å². The summed E-state index contributed by atoms with van der Waals surface area (Å²) in [7, 11) is 0. The van der Waals surface area contributed by atoms with Crippen LogP contribution in [0, 0.1) is 34.5 Å². The molecule has 0 bridgehead atoms. The van der Waals surface area contributed by atoms with Gasteiger partial charge < -0.3 is 9.47 Å². The van der Waals surface area contributed by atoms with Crippen LogP contribution < -0.4 is 0 Å². The van der Waals surface area contributed by atoms with E-state index in [0.29, 0.717) is 17.8 Å². The number of ether oxygens (including phenoxy) is 2. The van der Waals surface area contributed by atoms with Gasteiger partial charge in [0.1, 0.15) is 11.7 Å². The van der Waals surface area contributed by atoms with E-state index in [-0.39, 0.29) is 34.6 Å². The van der Waals surface area contributed by atoms with Crippen molar-refractivity contribution in [3.8, 4) is 0 Å². The molecule has 5 nitrogen and oxygen atoms in total. The molecule has 7 unspecified atom stereocenters. The second-order valence-electron chi connectivity index (χ2n) is 12.7. The molecule has 0 aromatic heterocycles. The topological polar surface area (TPSA) is 69.7 Å². The zero-order valence-corrected chi connectivity index (χ0v) is 21.8. The van der Waals surface area contributed by atoms with Crippen LogP contribution in [-0.4, -0.2) is 29.4 Å². The van der Waals surface area contributed by atoms with Crippen LogP contribution in [0.5, 0.6) is 0 Å². The van der Waals surface area contributed by atoms with Crippen molar-refractivity contribution in [1.82, 2.24) is 0 Å². The van der Waals surface area contributed by atoms with E-state index in [1.54, 1.807) is 0 Å². The number of hydrogen-bond donors (Lipinski definition) is 0. The fraction of sp³-hybridized carbons (Fsp3) is 0.759. The molecule has 0 aromatic carbocycles. The van der Waals surface area contributed by atoms with Crippen LogP contribution in [0.15, 0.2) is 23.8 Å². The molecule has 0 saturated heterocycles. The van der Waals surface area contributed by atoms with Gasteiger partial charge in [0.05, 0.1) is 0 Å². The second kappa shape index (κ2) is 8.95. The summed E-state index contributed by atoms with van der Waals surface area (Å²) in [5, 5.41) is 0. The highest BCUT2D eigenvalue weighted by molar-refractivity contribution is 5.97. The van der Waals surface area contributed by atoms with Crippen LogP contribution in [-0.2, 0) is 23.9 Å². The molecule has 7 atom stereocenters. The number of ketones is 1. The van der Waals surface area contributed by atoms with Gasteiger partial charge in [0.25, 0.3) is 0 Å². The van der Waals surface area contributed by atoms with Crippen LogP contribution in [0.25, 0.3) is 0 Å². The Bertz CT molecular complexity index is 908. The molecule has 188 valence electrons. The molecule has 0 radical (unpaired) electrons. The van der Waals surface area contributed by atoms with E-state index in [1.807, 2.05) is 20.8 Å². The summed E-state index contributed by atoms with van der Waals surface area (Å²) in [6, 6.07) is 0. The summed E-state index contributed by atoms with van der Waals surface area (Å²) in [6.07, 6.45) is 13.4. The zero-order chi connectivity index (χ0) is 24.9. The first-order valence-corrected chi connectivity index (χ1v) is 13.1. The highest BCUT2D eigenvalue weighted by Gasteiger charge is 2.59. The van der Waals surface area contributed by atoms with Gasteiger partial charge in [-0.25, -0.2) is 4.79 Å². The third kappa shape index (κ3) is 4.64. The maximum absolute atomic E-state index is 13.2. The first-order valence-electron chi connectivity index (χ1n) is 13.1. The average Bonchev–Trinajstić information content (AvgIpc) is 3.08.